The third-order valence-corrected chi connectivity index (χ3v) is 4.82. The third kappa shape index (κ3) is 2.05. The maximum atomic E-state index is 6.48. The molecule has 5 unspecified atom stereocenters. The van der Waals surface area contributed by atoms with Gasteiger partial charge in [0.1, 0.15) is 11.3 Å². The number of nitrogens with two attached hydrogens (primary N) is 1. The second kappa shape index (κ2) is 4.90. The third-order valence-electron chi connectivity index (χ3n) is 4.82. The van der Waals surface area contributed by atoms with E-state index < -0.39 is 0 Å². The van der Waals surface area contributed by atoms with Crippen molar-refractivity contribution in [2.24, 2.45) is 17.6 Å². The van der Waals surface area contributed by atoms with Crippen LogP contribution in [0.15, 0.2) is 28.7 Å². The molecule has 0 bridgehead atoms. The van der Waals surface area contributed by atoms with Crippen molar-refractivity contribution in [3.05, 3.63) is 35.6 Å². The lowest BCUT2D eigenvalue weighted by atomic mass is 9.83. The summed E-state index contributed by atoms with van der Waals surface area (Å²) in [6.45, 7) is 8.51. The van der Waals surface area contributed by atoms with Gasteiger partial charge in [0.15, 0.2) is 0 Å². The molecule has 0 saturated carbocycles. The van der Waals surface area contributed by atoms with Crippen molar-refractivity contribution in [1.29, 1.82) is 0 Å². The first-order valence-electron chi connectivity index (χ1n) is 7.39. The van der Waals surface area contributed by atoms with Gasteiger partial charge in [0, 0.05) is 11.3 Å². The first-order chi connectivity index (χ1) is 9.49. The van der Waals surface area contributed by atoms with Crippen LogP contribution in [0.25, 0.3) is 11.0 Å². The Kier molecular flexibility index (Phi) is 3.35. The Morgan fingerprint density at radius 1 is 1.15 bits per heavy atom. The molecule has 2 heterocycles. The number of benzene rings is 1. The quantitative estimate of drug-likeness (QED) is 0.905. The first-order valence-corrected chi connectivity index (χ1v) is 7.39. The molecular weight excluding hydrogens is 250 g/mol. The molecule has 3 rings (SSSR count). The van der Waals surface area contributed by atoms with E-state index in [0.29, 0.717) is 11.8 Å². The van der Waals surface area contributed by atoms with Crippen molar-refractivity contribution in [2.75, 3.05) is 0 Å². The van der Waals surface area contributed by atoms with Gasteiger partial charge >= 0.3 is 0 Å². The van der Waals surface area contributed by atoms with Gasteiger partial charge in [-0.3, -0.25) is 0 Å². The highest BCUT2D eigenvalue weighted by Gasteiger charge is 2.41. The van der Waals surface area contributed by atoms with Crippen molar-refractivity contribution in [3.63, 3.8) is 0 Å². The van der Waals surface area contributed by atoms with E-state index in [-0.39, 0.29) is 18.2 Å². The topological polar surface area (TPSA) is 48.4 Å². The van der Waals surface area contributed by atoms with Crippen molar-refractivity contribution in [3.8, 4) is 0 Å². The van der Waals surface area contributed by atoms with Crippen LogP contribution in [-0.2, 0) is 4.74 Å². The van der Waals surface area contributed by atoms with Gasteiger partial charge in [-0.2, -0.15) is 0 Å². The lowest BCUT2D eigenvalue weighted by Gasteiger charge is -2.23. The number of hydrogen-bond acceptors (Lipinski definition) is 3. The van der Waals surface area contributed by atoms with Crippen LogP contribution in [-0.4, -0.2) is 12.2 Å². The van der Waals surface area contributed by atoms with E-state index in [1.54, 1.807) is 0 Å². The molecule has 0 radical (unpaired) electrons. The van der Waals surface area contributed by atoms with Crippen molar-refractivity contribution >= 4 is 11.0 Å². The molecule has 1 aliphatic heterocycles. The van der Waals surface area contributed by atoms with Gasteiger partial charge in [0.25, 0.3) is 0 Å². The first kappa shape index (κ1) is 13.7. The summed E-state index contributed by atoms with van der Waals surface area (Å²) in [7, 11) is 0. The summed E-state index contributed by atoms with van der Waals surface area (Å²) in [4.78, 5) is 0. The number of fused-ring (bicyclic) bond motifs is 1. The molecular formula is C17H23NO2. The Labute approximate surface area is 120 Å². The Hall–Kier alpha value is -1.32. The molecule has 0 amide bonds. The van der Waals surface area contributed by atoms with Gasteiger partial charge in [0.2, 0.25) is 0 Å². The molecule has 1 fully saturated rings. The Balaban J connectivity index is 1.96. The normalized spacial score (nSPS) is 31.9. The zero-order valence-electron chi connectivity index (χ0n) is 12.6. The molecule has 3 heteroatoms. The van der Waals surface area contributed by atoms with Crippen molar-refractivity contribution in [1.82, 2.24) is 0 Å². The van der Waals surface area contributed by atoms with Gasteiger partial charge in [-0.1, -0.05) is 25.1 Å². The molecule has 2 aromatic rings. The fraction of sp³-hybridized carbons (Fsp3) is 0.529. The minimum absolute atomic E-state index is 0.114. The van der Waals surface area contributed by atoms with E-state index in [1.165, 1.54) is 0 Å². The average Bonchev–Trinajstić information content (AvgIpc) is 2.93. The minimum atomic E-state index is -0.114. The summed E-state index contributed by atoms with van der Waals surface area (Å²) in [5, 5.41) is 1.13. The summed E-state index contributed by atoms with van der Waals surface area (Å²) < 4.78 is 11.9. The summed E-state index contributed by atoms with van der Waals surface area (Å²) in [6.07, 6.45) is 0.427. The van der Waals surface area contributed by atoms with Crippen LogP contribution in [0.3, 0.4) is 0 Å². The smallest absolute Gasteiger partial charge is 0.137 e. The molecule has 0 spiro atoms. The van der Waals surface area contributed by atoms with Gasteiger partial charge < -0.3 is 14.9 Å². The van der Waals surface area contributed by atoms with E-state index in [9.17, 15) is 0 Å². The molecule has 1 aromatic carbocycles. The lowest BCUT2D eigenvalue weighted by molar-refractivity contribution is 0.0483. The van der Waals surface area contributed by atoms with Crippen molar-refractivity contribution in [2.45, 2.75) is 45.9 Å². The molecule has 3 nitrogen and oxygen atoms in total. The standard InChI is InChI=1S/C17H23NO2/c1-9-6-5-7-13-8-14(20-17(9)13)16(18)15-10(2)11(3)19-12(15)4/h5-8,10-12,15-16H,18H2,1-4H3. The second-order valence-corrected chi connectivity index (χ2v) is 6.15. The van der Waals surface area contributed by atoms with Gasteiger partial charge in [0.05, 0.1) is 18.2 Å². The highest BCUT2D eigenvalue weighted by Crippen LogP contribution is 2.40. The van der Waals surface area contributed by atoms with Crippen LogP contribution in [0, 0.1) is 18.8 Å². The summed E-state index contributed by atoms with van der Waals surface area (Å²) in [6, 6.07) is 8.15. The average molecular weight is 273 g/mol. The van der Waals surface area contributed by atoms with Gasteiger partial charge in [-0.05, 0) is 38.3 Å². The summed E-state index contributed by atoms with van der Waals surface area (Å²) in [5.74, 6) is 1.61. The van der Waals surface area contributed by atoms with Crippen LogP contribution >= 0.6 is 0 Å². The van der Waals surface area contributed by atoms with E-state index in [2.05, 4.69) is 52.0 Å². The Bertz CT molecular complexity index is 618. The van der Waals surface area contributed by atoms with E-state index >= 15 is 0 Å². The number of hydrogen-bond donors (Lipinski definition) is 1. The monoisotopic (exact) mass is 273 g/mol. The molecule has 2 N–H and O–H groups in total. The number of rotatable bonds is 2. The minimum Gasteiger partial charge on any atom is -0.459 e. The second-order valence-electron chi connectivity index (χ2n) is 6.15. The van der Waals surface area contributed by atoms with E-state index in [1.807, 2.05) is 0 Å². The van der Waals surface area contributed by atoms with Crippen molar-refractivity contribution < 1.29 is 9.15 Å². The maximum absolute atomic E-state index is 6.48. The number of para-hydroxylation sites is 1. The van der Waals surface area contributed by atoms with Gasteiger partial charge in [-0.25, -0.2) is 0 Å². The molecule has 5 atom stereocenters. The molecule has 1 saturated heterocycles. The predicted molar refractivity (Wildman–Crippen MR) is 80.5 cm³/mol. The highest BCUT2D eigenvalue weighted by molar-refractivity contribution is 5.81. The fourth-order valence-corrected chi connectivity index (χ4v) is 3.50. The van der Waals surface area contributed by atoms with Crippen LogP contribution in [0.2, 0.25) is 0 Å². The largest absolute Gasteiger partial charge is 0.459 e. The number of ether oxygens (including phenoxy) is 1. The molecule has 0 aliphatic carbocycles. The number of furan rings is 1. The predicted octanol–water partition coefficient (Wildman–Crippen LogP) is 3.80. The SMILES string of the molecule is Cc1cccc2cc(C(N)C3C(C)OC(C)C3C)oc12. The lowest BCUT2D eigenvalue weighted by Crippen LogP contribution is -2.30. The molecule has 20 heavy (non-hydrogen) atoms. The Morgan fingerprint density at radius 2 is 1.90 bits per heavy atom. The fourth-order valence-electron chi connectivity index (χ4n) is 3.50. The van der Waals surface area contributed by atoms with Crippen LogP contribution in [0.4, 0.5) is 0 Å². The summed E-state index contributed by atoms with van der Waals surface area (Å²) in [5.41, 5.74) is 8.58. The zero-order chi connectivity index (χ0) is 14.4. The van der Waals surface area contributed by atoms with Crippen LogP contribution in [0.1, 0.15) is 38.1 Å². The van der Waals surface area contributed by atoms with Gasteiger partial charge in [-0.15, -0.1) is 0 Å². The maximum Gasteiger partial charge on any atom is 0.137 e. The zero-order valence-corrected chi connectivity index (χ0v) is 12.6. The molecule has 1 aliphatic rings. The molecule has 108 valence electrons. The van der Waals surface area contributed by atoms with Crippen LogP contribution < -0.4 is 5.73 Å². The van der Waals surface area contributed by atoms with E-state index in [0.717, 1.165) is 22.3 Å². The van der Waals surface area contributed by atoms with E-state index in [4.69, 9.17) is 14.9 Å². The molecule has 1 aromatic heterocycles. The summed E-state index contributed by atoms with van der Waals surface area (Å²) >= 11 is 0. The Morgan fingerprint density at radius 3 is 2.50 bits per heavy atom. The highest BCUT2D eigenvalue weighted by atomic mass is 16.5. The number of aryl methyl sites for hydroxylation is 1. The van der Waals surface area contributed by atoms with Crippen LogP contribution in [0.5, 0.6) is 0 Å².